The second-order valence-electron chi connectivity index (χ2n) is 3.47. The zero-order valence-electron chi connectivity index (χ0n) is 10.2. The van der Waals surface area contributed by atoms with Gasteiger partial charge in [0, 0.05) is 13.0 Å². The topological polar surface area (TPSA) is 46.6 Å². The molecule has 0 fully saturated rings. The van der Waals surface area contributed by atoms with Crippen LogP contribution in [0.3, 0.4) is 0 Å². The summed E-state index contributed by atoms with van der Waals surface area (Å²) >= 11 is 0. The van der Waals surface area contributed by atoms with Gasteiger partial charge in [-0.1, -0.05) is 19.4 Å². The zero-order valence-corrected chi connectivity index (χ0v) is 10.2. The fourth-order valence-electron chi connectivity index (χ4n) is 1.26. The molecule has 0 radical (unpaired) electrons. The van der Waals surface area contributed by atoms with E-state index in [0.717, 1.165) is 12.8 Å². The van der Waals surface area contributed by atoms with Crippen molar-refractivity contribution >= 4 is 11.9 Å². The van der Waals surface area contributed by atoms with Gasteiger partial charge in [-0.05, 0) is 13.3 Å². The lowest BCUT2D eigenvalue weighted by molar-refractivity contribution is -0.148. The Balaban J connectivity index is 4.18. The number of rotatable bonds is 8. The van der Waals surface area contributed by atoms with Gasteiger partial charge in [0.2, 0.25) is 5.91 Å². The van der Waals surface area contributed by atoms with Crippen molar-refractivity contribution in [3.8, 4) is 0 Å². The number of hydrogen-bond acceptors (Lipinski definition) is 3. The average molecular weight is 227 g/mol. The van der Waals surface area contributed by atoms with Crippen LogP contribution in [0.1, 0.15) is 33.1 Å². The van der Waals surface area contributed by atoms with Gasteiger partial charge in [-0.3, -0.25) is 9.59 Å². The summed E-state index contributed by atoms with van der Waals surface area (Å²) in [5.41, 5.74) is 0. The van der Waals surface area contributed by atoms with Gasteiger partial charge < -0.3 is 9.64 Å². The van der Waals surface area contributed by atoms with Gasteiger partial charge in [0.1, 0.15) is 6.54 Å². The molecule has 0 aromatic rings. The maximum atomic E-state index is 11.7. The first kappa shape index (κ1) is 14.7. The van der Waals surface area contributed by atoms with Crippen LogP contribution in [0.5, 0.6) is 0 Å². The molecule has 92 valence electrons. The molecule has 0 saturated heterocycles. The number of hydrogen-bond donors (Lipinski definition) is 0. The van der Waals surface area contributed by atoms with Gasteiger partial charge in [0.25, 0.3) is 0 Å². The van der Waals surface area contributed by atoms with Crippen molar-refractivity contribution in [1.29, 1.82) is 0 Å². The highest BCUT2D eigenvalue weighted by molar-refractivity contribution is 5.82. The second-order valence-corrected chi connectivity index (χ2v) is 3.47. The number of esters is 1. The Hall–Kier alpha value is -1.32. The Morgan fingerprint density at radius 3 is 2.56 bits per heavy atom. The lowest BCUT2D eigenvalue weighted by Gasteiger charge is -2.19. The molecular formula is C12H21NO3. The van der Waals surface area contributed by atoms with E-state index in [0.29, 0.717) is 19.6 Å². The lowest BCUT2D eigenvalue weighted by atomic mass is 10.2. The number of amides is 1. The third-order valence-corrected chi connectivity index (χ3v) is 2.07. The predicted molar refractivity (Wildman–Crippen MR) is 62.9 cm³/mol. The van der Waals surface area contributed by atoms with E-state index in [1.807, 2.05) is 6.92 Å². The maximum absolute atomic E-state index is 11.7. The van der Waals surface area contributed by atoms with E-state index in [1.54, 1.807) is 13.0 Å². The number of carbonyl (C=O) groups is 2. The van der Waals surface area contributed by atoms with E-state index in [2.05, 4.69) is 6.58 Å². The molecule has 0 unspecified atom stereocenters. The van der Waals surface area contributed by atoms with Crippen molar-refractivity contribution in [3.05, 3.63) is 12.7 Å². The van der Waals surface area contributed by atoms with Crippen molar-refractivity contribution in [2.75, 3.05) is 19.7 Å². The summed E-state index contributed by atoms with van der Waals surface area (Å²) in [5.74, 6) is -0.385. The average Bonchev–Trinajstić information content (AvgIpc) is 2.25. The number of ether oxygens (including phenoxy) is 1. The van der Waals surface area contributed by atoms with Crippen LogP contribution in [0.25, 0.3) is 0 Å². The van der Waals surface area contributed by atoms with Gasteiger partial charge in [0.15, 0.2) is 0 Å². The highest BCUT2D eigenvalue weighted by atomic mass is 16.5. The van der Waals surface area contributed by atoms with E-state index >= 15 is 0 Å². The number of unbranched alkanes of at least 4 members (excludes halogenated alkanes) is 1. The third-order valence-electron chi connectivity index (χ3n) is 2.07. The Morgan fingerprint density at radius 1 is 1.38 bits per heavy atom. The molecule has 16 heavy (non-hydrogen) atoms. The lowest BCUT2D eigenvalue weighted by Crippen LogP contribution is -2.36. The number of nitrogens with zero attached hydrogens (tertiary/aromatic N) is 1. The molecule has 0 aromatic carbocycles. The molecule has 0 aromatic heterocycles. The summed E-state index contributed by atoms with van der Waals surface area (Å²) in [6, 6.07) is 0. The monoisotopic (exact) mass is 227 g/mol. The minimum atomic E-state index is -0.366. The minimum Gasteiger partial charge on any atom is -0.465 e. The summed E-state index contributed by atoms with van der Waals surface area (Å²) in [6.07, 6.45) is 3.90. The number of carbonyl (C=O) groups excluding carboxylic acids is 2. The summed E-state index contributed by atoms with van der Waals surface area (Å²) in [4.78, 5) is 24.4. The zero-order chi connectivity index (χ0) is 12.4. The summed E-state index contributed by atoms with van der Waals surface area (Å²) in [7, 11) is 0. The van der Waals surface area contributed by atoms with Crippen LogP contribution in [-0.4, -0.2) is 36.5 Å². The van der Waals surface area contributed by atoms with Crippen molar-refractivity contribution < 1.29 is 14.3 Å². The van der Waals surface area contributed by atoms with Gasteiger partial charge in [-0.25, -0.2) is 0 Å². The highest BCUT2D eigenvalue weighted by Crippen LogP contribution is 2.01. The molecule has 0 aliphatic carbocycles. The largest absolute Gasteiger partial charge is 0.465 e. The quantitative estimate of drug-likeness (QED) is 0.469. The molecule has 0 N–H and O–H groups in total. The maximum Gasteiger partial charge on any atom is 0.325 e. The fourth-order valence-corrected chi connectivity index (χ4v) is 1.26. The van der Waals surface area contributed by atoms with Gasteiger partial charge in [0.05, 0.1) is 6.61 Å². The Kier molecular flexibility index (Phi) is 8.21. The molecule has 4 nitrogen and oxygen atoms in total. The van der Waals surface area contributed by atoms with E-state index < -0.39 is 0 Å². The van der Waals surface area contributed by atoms with E-state index in [-0.39, 0.29) is 18.4 Å². The molecule has 0 aliphatic rings. The van der Waals surface area contributed by atoms with Crippen LogP contribution < -0.4 is 0 Å². The van der Waals surface area contributed by atoms with Crippen molar-refractivity contribution in [3.63, 3.8) is 0 Å². The first-order valence-electron chi connectivity index (χ1n) is 5.69. The molecule has 0 saturated carbocycles. The molecule has 0 bridgehead atoms. The van der Waals surface area contributed by atoms with Gasteiger partial charge in [-0.15, -0.1) is 6.58 Å². The Morgan fingerprint density at radius 2 is 2.06 bits per heavy atom. The summed E-state index contributed by atoms with van der Waals surface area (Å²) < 4.78 is 4.81. The van der Waals surface area contributed by atoms with Crippen molar-refractivity contribution in [1.82, 2.24) is 4.90 Å². The van der Waals surface area contributed by atoms with E-state index in [4.69, 9.17) is 4.74 Å². The second kappa shape index (κ2) is 8.95. The fraction of sp³-hybridized carbons (Fsp3) is 0.667. The highest BCUT2D eigenvalue weighted by Gasteiger charge is 2.15. The van der Waals surface area contributed by atoms with Crippen LogP contribution in [0, 0.1) is 0 Å². The SMILES string of the molecule is C=CCN(CC(=O)OCC)C(=O)CCCC. The molecule has 0 aliphatic heterocycles. The van der Waals surface area contributed by atoms with Gasteiger partial charge in [-0.2, -0.15) is 0 Å². The van der Waals surface area contributed by atoms with Crippen molar-refractivity contribution in [2.24, 2.45) is 0 Å². The van der Waals surface area contributed by atoms with Crippen LogP contribution in [0.4, 0.5) is 0 Å². The molecular weight excluding hydrogens is 206 g/mol. The molecule has 0 atom stereocenters. The predicted octanol–water partition coefficient (Wildman–Crippen LogP) is 1.75. The minimum absolute atomic E-state index is 0.0163. The summed E-state index contributed by atoms with van der Waals surface area (Å²) in [6.45, 7) is 8.08. The molecule has 0 rings (SSSR count). The molecule has 1 amide bonds. The molecule has 0 heterocycles. The van der Waals surface area contributed by atoms with E-state index in [1.165, 1.54) is 4.90 Å². The van der Waals surface area contributed by atoms with Crippen molar-refractivity contribution in [2.45, 2.75) is 33.1 Å². The Bertz CT molecular complexity index is 238. The Labute approximate surface area is 97.3 Å². The first-order valence-corrected chi connectivity index (χ1v) is 5.69. The normalized spacial score (nSPS) is 9.62. The first-order chi connectivity index (χ1) is 7.65. The van der Waals surface area contributed by atoms with Crippen LogP contribution in [0.15, 0.2) is 12.7 Å². The van der Waals surface area contributed by atoms with E-state index in [9.17, 15) is 9.59 Å². The standard InChI is InChI=1S/C12H21NO3/c1-4-7-8-11(14)13(9-5-2)10-12(15)16-6-3/h5H,2,4,6-10H2,1,3H3. The third kappa shape index (κ3) is 6.22. The molecule has 0 spiro atoms. The summed E-state index contributed by atoms with van der Waals surface area (Å²) in [5, 5.41) is 0. The van der Waals surface area contributed by atoms with Gasteiger partial charge >= 0.3 is 5.97 Å². The van der Waals surface area contributed by atoms with Crippen LogP contribution in [0.2, 0.25) is 0 Å². The smallest absolute Gasteiger partial charge is 0.325 e. The van der Waals surface area contributed by atoms with Crippen LogP contribution >= 0.6 is 0 Å². The van der Waals surface area contributed by atoms with Crippen LogP contribution in [-0.2, 0) is 14.3 Å². The molecule has 4 heteroatoms.